The van der Waals surface area contributed by atoms with E-state index >= 15 is 0 Å². The second-order valence-electron chi connectivity index (χ2n) is 5.04. The summed E-state index contributed by atoms with van der Waals surface area (Å²) in [6, 6.07) is 11.1. The highest BCUT2D eigenvalue weighted by Gasteiger charge is 2.06. The molecule has 6 nitrogen and oxygen atoms in total. The van der Waals surface area contributed by atoms with Crippen LogP contribution in [0.25, 0.3) is 22.4 Å². The molecule has 2 aromatic heterocycles. The van der Waals surface area contributed by atoms with Crippen molar-refractivity contribution in [3.8, 4) is 11.3 Å². The zero-order valence-corrected chi connectivity index (χ0v) is 13.7. The Labute approximate surface area is 144 Å². The fraction of sp³-hybridized carbons (Fsp3) is 0.0588. The second kappa shape index (κ2) is 7.01. The molecule has 0 aliphatic carbocycles. The van der Waals surface area contributed by atoms with Gasteiger partial charge >= 0.3 is 0 Å². The molecule has 0 spiro atoms. The fourth-order valence-electron chi connectivity index (χ4n) is 2.09. The number of hydrogen-bond donors (Lipinski definition) is 3. The van der Waals surface area contributed by atoms with Gasteiger partial charge in [0, 0.05) is 17.8 Å². The Hall–Kier alpha value is -3.06. The molecule has 2 heterocycles. The van der Waals surface area contributed by atoms with Gasteiger partial charge in [0.2, 0.25) is 0 Å². The summed E-state index contributed by atoms with van der Waals surface area (Å²) in [5.41, 5.74) is 9.34. The minimum absolute atomic E-state index is 0.476. The SMILES string of the molecule is C=CCNC(=S)Nc1ccc2ncc(-c3ccc(N)cc3)nc2n1. The van der Waals surface area contributed by atoms with Gasteiger partial charge in [-0.25, -0.2) is 9.97 Å². The summed E-state index contributed by atoms with van der Waals surface area (Å²) in [5, 5.41) is 6.47. The van der Waals surface area contributed by atoms with Crippen LogP contribution >= 0.6 is 12.2 Å². The Morgan fingerprint density at radius 3 is 2.71 bits per heavy atom. The Kier molecular flexibility index (Phi) is 4.62. The molecule has 1 aromatic carbocycles. The van der Waals surface area contributed by atoms with E-state index in [4.69, 9.17) is 18.0 Å². The standard InChI is InChI=1S/C17H16N6S/c1-2-9-19-17(24)23-15-8-7-13-16(22-15)21-14(10-20-13)11-3-5-12(18)6-4-11/h2-8,10H,1,9,18H2,(H2,19,21,22,23,24). The number of thiocarbonyl (C=S) groups is 1. The lowest BCUT2D eigenvalue weighted by atomic mass is 10.1. The third-order valence-corrected chi connectivity index (χ3v) is 3.51. The van der Waals surface area contributed by atoms with E-state index in [1.807, 2.05) is 36.4 Å². The lowest BCUT2D eigenvalue weighted by Gasteiger charge is -2.09. The average Bonchev–Trinajstić information content (AvgIpc) is 2.60. The highest BCUT2D eigenvalue weighted by atomic mass is 32.1. The van der Waals surface area contributed by atoms with Crippen molar-refractivity contribution in [1.29, 1.82) is 0 Å². The molecule has 0 saturated heterocycles. The number of fused-ring (bicyclic) bond motifs is 1. The summed E-state index contributed by atoms with van der Waals surface area (Å²) < 4.78 is 0. The van der Waals surface area contributed by atoms with Crippen molar-refractivity contribution in [2.24, 2.45) is 0 Å². The lowest BCUT2D eigenvalue weighted by molar-refractivity contribution is 1.06. The average molecular weight is 336 g/mol. The molecular weight excluding hydrogens is 320 g/mol. The van der Waals surface area contributed by atoms with Crippen molar-refractivity contribution < 1.29 is 0 Å². The van der Waals surface area contributed by atoms with Crippen LogP contribution in [0.2, 0.25) is 0 Å². The molecule has 0 saturated carbocycles. The van der Waals surface area contributed by atoms with Gasteiger partial charge in [-0.15, -0.1) is 6.58 Å². The highest BCUT2D eigenvalue weighted by Crippen LogP contribution is 2.20. The first-order chi connectivity index (χ1) is 11.7. The quantitative estimate of drug-likeness (QED) is 0.383. The first-order valence-corrected chi connectivity index (χ1v) is 7.72. The van der Waals surface area contributed by atoms with E-state index in [1.54, 1.807) is 12.3 Å². The van der Waals surface area contributed by atoms with Gasteiger partial charge in [-0.05, 0) is 36.5 Å². The molecule has 0 atom stereocenters. The summed E-state index contributed by atoms with van der Waals surface area (Å²) in [6.45, 7) is 4.22. The summed E-state index contributed by atoms with van der Waals surface area (Å²) in [6.07, 6.45) is 3.45. The number of anilines is 2. The molecule has 0 bridgehead atoms. The maximum absolute atomic E-state index is 5.72. The first kappa shape index (κ1) is 15.8. The number of nitrogens with two attached hydrogens (primary N) is 1. The molecule has 0 aliphatic rings. The summed E-state index contributed by atoms with van der Waals surface area (Å²) >= 11 is 5.18. The van der Waals surface area contributed by atoms with Crippen LogP contribution in [-0.2, 0) is 0 Å². The monoisotopic (exact) mass is 336 g/mol. The number of nitrogens with zero attached hydrogens (tertiary/aromatic N) is 3. The molecule has 7 heteroatoms. The molecule has 0 aliphatic heterocycles. The summed E-state index contributed by atoms with van der Waals surface area (Å²) in [5.74, 6) is 0.604. The normalized spacial score (nSPS) is 10.3. The van der Waals surface area contributed by atoms with Crippen molar-refractivity contribution in [3.05, 3.63) is 55.3 Å². The van der Waals surface area contributed by atoms with E-state index in [0.717, 1.165) is 11.3 Å². The van der Waals surface area contributed by atoms with E-state index in [9.17, 15) is 0 Å². The van der Waals surface area contributed by atoms with Gasteiger partial charge in [0.15, 0.2) is 10.8 Å². The topological polar surface area (TPSA) is 88.8 Å². The van der Waals surface area contributed by atoms with Gasteiger partial charge < -0.3 is 16.4 Å². The molecule has 4 N–H and O–H groups in total. The van der Waals surface area contributed by atoms with Crippen LogP contribution in [0.1, 0.15) is 0 Å². The van der Waals surface area contributed by atoms with Crippen molar-refractivity contribution >= 4 is 40.0 Å². The van der Waals surface area contributed by atoms with E-state index in [0.29, 0.717) is 34.3 Å². The third kappa shape index (κ3) is 3.64. The van der Waals surface area contributed by atoms with Crippen LogP contribution in [0.5, 0.6) is 0 Å². The number of benzene rings is 1. The van der Waals surface area contributed by atoms with Gasteiger partial charge in [-0.1, -0.05) is 18.2 Å². The van der Waals surface area contributed by atoms with Crippen LogP contribution in [0, 0.1) is 0 Å². The van der Waals surface area contributed by atoms with E-state index in [-0.39, 0.29) is 0 Å². The van der Waals surface area contributed by atoms with Crippen LogP contribution in [0.4, 0.5) is 11.5 Å². The number of rotatable bonds is 4. The van der Waals surface area contributed by atoms with Gasteiger partial charge in [0.05, 0.1) is 11.9 Å². The van der Waals surface area contributed by atoms with Crippen molar-refractivity contribution in [2.75, 3.05) is 17.6 Å². The minimum atomic E-state index is 0.476. The number of nitrogen functional groups attached to an aromatic ring is 1. The zero-order valence-electron chi connectivity index (χ0n) is 12.9. The molecule has 24 heavy (non-hydrogen) atoms. The maximum Gasteiger partial charge on any atom is 0.180 e. The molecule has 0 fully saturated rings. The molecular formula is C17H16N6S. The minimum Gasteiger partial charge on any atom is -0.399 e. The van der Waals surface area contributed by atoms with E-state index < -0.39 is 0 Å². The molecule has 0 unspecified atom stereocenters. The number of pyridine rings is 1. The fourth-order valence-corrected chi connectivity index (χ4v) is 2.27. The molecule has 3 rings (SSSR count). The van der Waals surface area contributed by atoms with Gasteiger partial charge in [-0.3, -0.25) is 4.98 Å². The van der Waals surface area contributed by atoms with Crippen molar-refractivity contribution in [2.45, 2.75) is 0 Å². The Balaban J connectivity index is 1.89. The number of aromatic nitrogens is 3. The van der Waals surface area contributed by atoms with Gasteiger partial charge in [0.25, 0.3) is 0 Å². The zero-order chi connectivity index (χ0) is 16.9. The predicted molar refractivity (Wildman–Crippen MR) is 102 cm³/mol. The number of hydrogen-bond acceptors (Lipinski definition) is 5. The predicted octanol–water partition coefficient (Wildman–Crippen LogP) is 2.75. The molecule has 0 amide bonds. The Morgan fingerprint density at radius 2 is 1.96 bits per heavy atom. The smallest absolute Gasteiger partial charge is 0.180 e. The maximum atomic E-state index is 5.72. The van der Waals surface area contributed by atoms with Gasteiger partial charge in [0.1, 0.15) is 11.3 Å². The van der Waals surface area contributed by atoms with Crippen molar-refractivity contribution in [3.63, 3.8) is 0 Å². The first-order valence-electron chi connectivity index (χ1n) is 7.31. The van der Waals surface area contributed by atoms with Crippen LogP contribution < -0.4 is 16.4 Å². The van der Waals surface area contributed by atoms with E-state index in [1.165, 1.54) is 0 Å². The van der Waals surface area contributed by atoms with E-state index in [2.05, 4.69) is 32.2 Å². The van der Waals surface area contributed by atoms with Gasteiger partial charge in [-0.2, -0.15) is 0 Å². The third-order valence-electron chi connectivity index (χ3n) is 3.26. The van der Waals surface area contributed by atoms with Crippen LogP contribution in [-0.4, -0.2) is 26.6 Å². The lowest BCUT2D eigenvalue weighted by Crippen LogP contribution is -2.28. The largest absolute Gasteiger partial charge is 0.399 e. The number of nitrogens with one attached hydrogen (secondary N) is 2. The molecule has 3 aromatic rings. The van der Waals surface area contributed by atoms with Crippen molar-refractivity contribution in [1.82, 2.24) is 20.3 Å². The highest BCUT2D eigenvalue weighted by molar-refractivity contribution is 7.80. The summed E-state index contributed by atoms with van der Waals surface area (Å²) in [7, 11) is 0. The second-order valence-corrected chi connectivity index (χ2v) is 5.45. The van der Waals surface area contributed by atoms with Crippen LogP contribution in [0.15, 0.2) is 55.3 Å². The Bertz CT molecular complexity index is 891. The Morgan fingerprint density at radius 1 is 1.17 bits per heavy atom. The molecule has 120 valence electrons. The molecule has 0 radical (unpaired) electrons. The summed E-state index contributed by atoms with van der Waals surface area (Å²) in [4.78, 5) is 13.4. The van der Waals surface area contributed by atoms with Crippen LogP contribution in [0.3, 0.4) is 0 Å².